The summed E-state index contributed by atoms with van der Waals surface area (Å²) in [6.07, 6.45) is 2.43. The molecule has 0 saturated carbocycles. The summed E-state index contributed by atoms with van der Waals surface area (Å²) in [6, 6.07) is 1.13. The summed E-state index contributed by atoms with van der Waals surface area (Å²) in [6.45, 7) is 9.15. The van der Waals surface area contributed by atoms with Gasteiger partial charge < -0.3 is 20.5 Å². The van der Waals surface area contributed by atoms with Gasteiger partial charge in [-0.1, -0.05) is 32.1 Å². The van der Waals surface area contributed by atoms with Crippen LogP contribution in [-0.2, 0) is 4.74 Å². The van der Waals surface area contributed by atoms with Crippen LogP contribution >= 0.6 is 0 Å². The van der Waals surface area contributed by atoms with Crippen molar-refractivity contribution in [3.8, 4) is 0 Å². The second-order valence-corrected chi connectivity index (χ2v) is 13.2. The average molecular weight is 317 g/mol. The van der Waals surface area contributed by atoms with Crippen molar-refractivity contribution >= 4 is 14.2 Å². The van der Waals surface area contributed by atoms with E-state index in [1.807, 2.05) is 0 Å². The van der Waals surface area contributed by atoms with E-state index in [1.54, 1.807) is 7.05 Å². The van der Waals surface area contributed by atoms with E-state index in [1.165, 1.54) is 10.9 Å². The molecule has 124 valence electrons. The summed E-state index contributed by atoms with van der Waals surface area (Å²) >= 11 is 0. The lowest BCUT2D eigenvalue weighted by atomic mass is 9.81. The minimum Gasteiger partial charge on any atom is -0.465 e. The maximum atomic E-state index is 11.0. The van der Waals surface area contributed by atoms with Crippen molar-refractivity contribution in [2.24, 2.45) is 17.6 Å². The predicted molar refractivity (Wildman–Crippen MR) is 88.4 cm³/mol. The molecule has 1 fully saturated rings. The molecule has 3 N–H and O–H groups in total. The Labute approximate surface area is 129 Å². The number of carbonyl (C=O) groups is 1. The van der Waals surface area contributed by atoms with Crippen molar-refractivity contribution in [1.29, 1.82) is 0 Å². The molecule has 1 aliphatic heterocycles. The molecule has 0 radical (unpaired) electrons. The molecule has 0 bridgehead atoms. The molecule has 5 nitrogen and oxygen atoms in total. The predicted octanol–water partition coefficient (Wildman–Crippen LogP) is 2.69. The van der Waals surface area contributed by atoms with Gasteiger partial charge in [-0.15, -0.1) is 0 Å². The molecule has 1 unspecified atom stereocenters. The zero-order chi connectivity index (χ0) is 16.0. The first-order valence-electron chi connectivity index (χ1n) is 7.98. The van der Waals surface area contributed by atoms with Crippen molar-refractivity contribution < 1.29 is 14.6 Å². The maximum absolute atomic E-state index is 11.0. The fraction of sp³-hybridized carbons (Fsp3) is 0.933. The normalized spacial score (nSPS) is 22.6. The summed E-state index contributed by atoms with van der Waals surface area (Å²) in [5.41, 5.74) is 6.37. The number of likely N-dealkylation sites (N-methyl/N-ethyl adjacent to an activating group) is 1. The van der Waals surface area contributed by atoms with Gasteiger partial charge >= 0.3 is 6.09 Å². The number of nitrogens with zero attached hydrogens (tertiary/aromatic N) is 1. The van der Waals surface area contributed by atoms with Crippen LogP contribution in [0.4, 0.5) is 4.79 Å². The van der Waals surface area contributed by atoms with E-state index in [-0.39, 0.29) is 6.04 Å². The molecular formula is C15H32N2O3Si. The van der Waals surface area contributed by atoms with E-state index in [9.17, 15) is 4.79 Å². The number of amides is 1. The Morgan fingerprint density at radius 3 is 2.62 bits per heavy atom. The number of nitrogens with two attached hydrogens (primary N) is 1. The van der Waals surface area contributed by atoms with Gasteiger partial charge in [-0.2, -0.15) is 0 Å². The average Bonchev–Trinajstić information content (AvgIpc) is 2.38. The maximum Gasteiger partial charge on any atom is 0.407 e. The Hall–Kier alpha value is -0.593. The van der Waals surface area contributed by atoms with Gasteiger partial charge in [0.25, 0.3) is 0 Å². The highest BCUT2D eigenvalue weighted by atomic mass is 28.3. The summed E-state index contributed by atoms with van der Waals surface area (Å²) < 4.78 is 5.62. The van der Waals surface area contributed by atoms with Crippen LogP contribution < -0.4 is 5.73 Å². The molecule has 21 heavy (non-hydrogen) atoms. The molecule has 0 aromatic rings. The standard InChI is InChI=1S/C15H32N2O3Si/c1-17(15(18)19)10-14(16)13(7-9-21(2,3)4)12-6-5-8-20-11-12/h12-14H,5-11,16H2,1-4H3,(H,18,19)/t12-,13?,14-/m1/s1. The molecule has 0 aromatic heterocycles. The van der Waals surface area contributed by atoms with Crippen molar-refractivity contribution in [2.75, 3.05) is 26.8 Å². The van der Waals surface area contributed by atoms with Gasteiger partial charge in [-0.25, -0.2) is 4.79 Å². The number of hydrogen-bond donors (Lipinski definition) is 2. The molecule has 3 atom stereocenters. The van der Waals surface area contributed by atoms with Crippen LogP contribution in [0.25, 0.3) is 0 Å². The largest absolute Gasteiger partial charge is 0.465 e. The SMILES string of the molecule is CN(C[C@@H](N)C(CC[Si](C)(C)C)[C@@H]1CCCOC1)C(=O)O. The first-order chi connectivity index (χ1) is 9.70. The third kappa shape index (κ3) is 6.80. The molecular weight excluding hydrogens is 284 g/mol. The van der Waals surface area contributed by atoms with Crippen LogP contribution in [0.3, 0.4) is 0 Å². The lowest BCUT2D eigenvalue weighted by molar-refractivity contribution is 0.0216. The molecule has 6 heteroatoms. The van der Waals surface area contributed by atoms with E-state index >= 15 is 0 Å². The zero-order valence-electron chi connectivity index (χ0n) is 14.0. The number of carboxylic acid groups (broad SMARTS) is 1. The van der Waals surface area contributed by atoms with Crippen LogP contribution in [0.2, 0.25) is 25.7 Å². The monoisotopic (exact) mass is 316 g/mol. The molecule has 0 aromatic carbocycles. The second kappa shape index (κ2) is 8.15. The van der Waals surface area contributed by atoms with Crippen molar-refractivity contribution in [1.82, 2.24) is 4.90 Å². The third-order valence-corrected chi connectivity index (χ3v) is 6.18. The lowest BCUT2D eigenvalue weighted by Gasteiger charge is -2.36. The van der Waals surface area contributed by atoms with Gasteiger partial charge in [-0.05, 0) is 24.7 Å². The highest BCUT2D eigenvalue weighted by Crippen LogP contribution is 2.30. The van der Waals surface area contributed by atoms with Crippen LogP contribution in [-0.4, -0.2) is 57.0 Å². The zero-order valence-corrected chi connectivity index (χ0v) is 15.0. The van der Waals surface area contributed by atoms with E-state index in [0.29, 0.717) is 18.4 Å². The van der Waals surface area contributed by atoms with Crippen molar-refractivity contribution in [2.45, 2.75) is 51.0 Å². The summed E-state index contributed by atoms with van der Waals surface area (Å²) in [5.74, 6) is 0.839. The van der Waals surface area contributed by atoms with E-state index in [2.05, 4.69) is 19.6 Å². The molecule has 1 aliphatic rings. The highest BCUT2D eigenvalue weighted by molar-refractivity contribution is 6.76. The Balaban J connectivity index is 2.67. The number of rotatable bonds is 7. The molecule has 0 aliphatic carbocycles. The topological polar surface area (TPSA) is 75.8 Å². The Morgan fingerprint density at radius 2 is 2.14 bits per heavy atom. The molecule has 1 rings (SSSR count). The smallest absolute Gasteiger partial charge is 0.407 e. The van der Waals surface area contributed by atoms with Gasteiger partial charge in [0.1, 0.15) is 0 Å². The van der Waals surface area contributed by atoms with Crippen LogP contribution in [0.15, 0.2) is 0 Å². The van der Waals surface area contributed by atoms with Gasteiger partial charge in [0.2, 0.25) is 0 Å². The molecule has 1 saturated heterocycles. The molecule has 1 heterocycles. The van der Waals surface area contributed by atoms with Crippen molar-refractivity contribution in [3.05, 3.63) is 0 Å². The summed E-state index contributed by atoms with van der Waals surface area (Å²) in [4.78, 5) is 12.3. The third-order valence-electron chi connectivity index (χ3n) is 4.39. The molecule has 0 spiro atoms. The van der Waals surface area contributed by atoms with Gasteiger partial charge in [0, 0.05) is 40.9 Å². The minimum absolute atomic E-state index is 0.103. The summed E-state index contributed by atoms with van der Waals surface area (Å²) in [5, 5.41) is 9.03. The number of ether oxygens (including phenoxy) is 1. The van der Waals surface area contributed by atoms with Gasteiger partial charge in [-0.3, -0.25) is 0 Å². The van der Waals surface area contributed by atoms with Crippen molar-refractivity contribution in [3.63, 3.8) is 0 Å². The molecule has 1 amide bonds. The Bertz CT molecular complexity index is 327. The Morgan fingerprint density at radius 1 is 1.48 bits per heavy atom. The van der Waals surface area contributed by atoms with Gasteiger partial charge in [0.05, 0.1) is 0 Å². The lowest BCUT2D eigenvalue weighted by Crippen LogP contribution is -2.46. The van der Waals surface area contributed by atoms with Gasteiger partial charge in [0.15, 0.2) is 0 Å². The van der Waals surface area contributed by atoms with Crippen LogP contribution in [0.5, 0.6) is 0 Å². The fourth-order valence-corrected chi connectivity index (χ4v) is 4.23. The second-order valence-electron chi connectivity index (χ2n) is 7.57. The van der Waals surface area contributed by atoms with E-state index < -0.39 is 14.2 Å². The quantitative estimate of drug-likeness (QED) is 0.708. The van der Waals surface area contributed by atoms with Crippen LogP contribution in [0, 0.1) is 11.8 Å². The van der Waals surface area contributed by atoms with E-state index in [0.717, 1.165) is 32.5 Å². The van der Waals surface area contributed by atoms with Crippen LogP contribution in [0.1, 0.15) is 19.3 Å². The minimum atomic E-state index is -1.12. The van der Waals surface area contributed by atoms with E-state index in [4.69, 9.17) is 15.6 Å². The Kier molecular flexibility index (Phi) is 7.16. The first kappa shape index (κ1) is 18.5. The highest BCUT2D eigenvalue weighted by Gasteiger charge is 2.31. The first-order valence-corrected chi connectivity index (χ1v) is 11.7. The number of hydrogen-bond acceptors (Lipinski definition) is 3. The fourth-order valence-electron chi connectivity index (χ4n) is 3.03. The summed E-state index contributed by atoms with van der Waals surface area (Å²) in [7, 11) is 0.475.